The van der Waals surface area contributed by atoms with Crippen LogP contribution >= 0.6 is 0 Å². The SMILES string of the molecule is CC/C=C\C/C=C\C/C=C\CCCCCCCCOCC(COC1OC(CO)C(O)C(O)C1O)OC(=O)CCCCCCCCCCCC. The molecule has 1 fully saturated rings. The number of rotatable bonds is 32. The topological polar surface area (TPSA) is 135 Å². The third-order valence-electron chi connectivity index (χ3n) is 8.82. The van der Waals surface area contributed by atoms with Crippen LogP contribution in [-0.2, 0) is 23.7 Å². The number of hydrogen-bond acceptors (Lipinski definition) is 9. The number of ether oxygens (including phenoxy) is 4. The summed E-state index contributed by atoms with van der Waals surface area (Å²) >= 11 is 0. The molecule has 0 aromatic heterocycles. The average Bonchev–Trinajstić information content (AvgIpc) is 3.10. The van der Waals surface area contributed by atoms with Crippen molar-refractivity contribution in [3.63, 3.8) is 0 Å². The molecule has 1 saturated heterocycles. The molecule has 9 heteroatoms. The van der Waals surface area contributed by atoms with Crippen molar-refractivity contribution < 1.29 is 44.2 Å². The molecule has 0 amide bonds. The van der Waals surface area contributed by atoms with Gasteiger partial charge in [-0.25, -0.2) is 0 Å². The summed E-state index contributed by atoms with van der Waals surface area (Å²) in [7, 11) is 0. The fourth-order valence-electron chi connectivity index (χ4n) is 5.74. The monoisotopic (exact) mass is 697 g/mol. The third-order valence-corrected chi connectivity index (χ3v) is 8.82. The van der Waals surface area contributed by atoms with E-state index in [1.54, 1.807) is 0 Å². The van der Waals surface area contributed by atoms with E-state index >= 15 is 0 Å². The molecule has 0 aliphatic carbocycles. The molecule has 6 unspecified atom stereocenters. The Morgan fingerprint density at radius 2 is 1.24 bits per heavy atom. The molecule has 6 atom stereocenters. The van der Waals surface area contributed by atoms with Crippen molar-refractivity contribution >= 4 is 5.97 Å². The van der Waals surface area contributed by atoms with Gasteiger partial charge in [0.25, 0.3) is 0 Å². The maximum atomic E-state index is 12.7. The van der Waals surface area contributed by atoms with E-state index in [1.165, 1.54) is 64.2 Å². The fourth-order valence-corrected chi connectivity index (χ4v) is 5.74. The lowest BCUT2D eigenvalue weighted by atomic mass is 9.99. The van der Waals surface area contributed by atoms with Gasteiger partial charge in [-0.3, -0.25) is 4.79 Å². The molecule has 286 valence electrons. The van der Waals surface area contributed by atoms with Crippen LogP contribution in [0.3, 0.4) is 0 Å². The van der Waals surface area contributed by atoms with E-state index < -0.39 is 43.4 Å². The van der Waals surface area contributed by atoms with Gasteiger partial charge in [-0.1, -0.05) is 134 Å². The Balaban J connectivity index is 2.32. The molecule has 0 bridgehead atoms. The van der Waals surface area contributed by atoms with E-state index in [0.29, 0.717) is 13.0 Å². The molecular formula is C40H72O9. The fraction of sp³-hybridized carbons (Fsp3) is 0.825. The van der Waals surface area contributed by atoms with Gasteiger partial charge in [0.2, 0.25) is 0 Å². The third kappa shape index (κ3) is 24.3. The highest BCUT2D eigenvalue weighted by Crippen LogP contribution is 2.22. The zero-order valence-corrected chi connectivity index (χ0v) is 30.9. The highest BCUT2D eigenvalue weighted by atomic mass is 16.7. The van der Waals surface area contributed by atoms with Gasteiger partial charge in [0.1, 0.15) is 30.5 Å². The van der Waals surface area contributed by atoms with Crippen LogP contribution in [0.2, 0.25) is 0 Å². The molecule has 1 aliphatic heterocycles. The first kappa shape index (κ1) is 45.4. The zero-order valence-electron chi connectivity index (χ0n) is 30.9. The van der Waals surface area contributed by atoms with Crippen LogP contribution in [0.5, 0.6) is 0 Å². The van der Waals surface area contributed by atoms with Crippen LogP contribution in [0.4, 0.5) is 0 Å². The van der Waals surface area contributed by atoms with E-state index in [1.807, 2.05) is 0 Å². The first-order chi connectivity index (χ1) is 23.9. The van der Waals surface area contributed by atoms with Gasteiger partial charge >= 0.3 is 5.97 Å². The number of aliphatic hydroxyl groups is 4. The summed E-state index contributed by atoms with van der Waals surface area (Å²) in [6.45, 7) is 4.39. The number of carbonyl (C=O) groups excluding carboxylic acids is 1. The number of carbonyl (C=O) groups is 1. The summed E-state index contributed by atoms with van der Waals surface area (Å²) in [5.41, 5.74) is 0. The normalized spacial score (nSPS) is 22.1. The zero-order chi connectivity index (χ0) is 35.8. The highest BCUT2D eigenvalue weighted by molar-refractivity contribution is 5.69. The molecular weight excluding hydrogens is 624 g/mol. The predicted molar refractivity (Wildman–Crippen MR) is 196 cm³/mol. The second-order valence-corrected chi connectivity index (χ2v) is 13.4. The molecule has 0 spiro atoms. The van der Waals surface area contributed by atoms with Gasteiger partial charge < -0.3 is 39.4 Å². The molecule has 1 rings (SSSR count). The lowest BCUT2D eigenvalue weighted by molar-refractivity contribution is -0.305. The summed E-state index contributed by atoms with van der Waals surface area (Å²) in [5.74, 6) is -0.322. The number of unbranched alkanes of at least 4 members (excludes halogenated alkanes) is 15. The lowest BCUT2D eigenvalue weighted by Gasteiger charge is -2.39. The van der Waals surface area contributed by atoms with E-state index in [4.69, 9.17) is 18.9 Å². The second-order valence-electron chi connectivity index (χ2n) is 13.4. The summed E-state index contributed by atoms with van der Waals surface area (Å²) < 4.78 is 22.7. The van der Waals surface area contributed by atoms with Crippen molar-refractivity contribution in [1.29, 1.82) is 0 Å². The van der Waals surface area contributed by atoms with Crippen molar-refractivity contribution in [3.05, 3.63) is 36.5 Å². The van der Waals surface area contributed by atoms with Gasteiger partial charge in [0.05, 0.1) is 19.8 Å². The lowest BCUT2D eigenvalue weighted by Crippen LogP contribution is -2.59. The van der Waals surface area contributed by atoms with Crippen molar-refractivity contribution in [3.8, 4) is 0 Å². The maximum Gasteiger partial charge on any atom is 0.306 e. The Bertz CT molecular complexity index is 844. The smallest absolute Gasteiger partial charge is 0.306 e. The molecule has 4 N–H and O–H groups in total. The minimum Gasteiger partial charge on any atom is -0.457 e. The molecule has 0 saturated carbocycles. The number of hydrogen-bond donors (Lipinski definition) is 4. The number of aliphatic hydroxyl groups excluding tert-OH is 4. The van der Waals surface area contributed by atoms with Crippen molar-refractivity contribution in [1.82, 2.24) is 0 Å². The first-order valence-corrected chi connectivity index (χ1v) is 19.6. The van der Waals surface area contributed by atoms with Gasteiger partial charge in [-0.05, 0) is 44.9 Å². The van der Waals surface area contributed by atoms with E-state index in [0.717, 1.165) is 64.2 Å². The van der Waals surface area contributed by atoms with E-state index in [2.05, 4.69) is 50.3 Å². The van der Waals surface area contributed by atoms with Crippen molar-refractivity contribution in [2.75, 3.05) is 26.4 Å². The molecule has 1 aliphatic rings. The molecule has 9 nitrogen and oxygen atoms in total. The standard InChI is InChI=1S/C40H72O9/c1-3-5-7-9-11-13-15-16-17-18-19-20-22-24-26-28-30-46-32-34(33-47-40-39(45)38(44)37(43)35(31-41)49-40)48-36(42)29-27-25-23-21-14-12-10-8-6-4-2/h5,7,11,13,16-17,34-35,37-41,43-45H,3-4,6,8-10,12,14-15,18-33H2,1-2H3/b7-5-,13-11-,17-16-. The molecule has 0 aromatic carbocycles. The van der Waals surface area contributed by atoms with E-state index in [9.17, 15) is 25.2 Å². The van der Waals surface area contributed by atoms with Crippen LogP contribution in [0, 0.1) is 0 Å². The van der Waals surface area contributed by atoms with Gasteiger partial charge in [-0.15, -0.1) is 0 Å². The Hall–Kier alpha value is -1.59. The summed E-state index contributed by atoms with van der Waals surface area (Å²) in [6, 6.07) is 0. The number of allylic oxidation sites excluding steroid dienone is 6. The highest BCUT2D eigenvalue weighted by Gasteiger charge is 2.44. The summed E-state index contributed by atoms with van der Waals surface area (Å²) in [5, 5.41) is 39.9. The van der Waals surface area contributed by atoms with Crippen LogP contribution in [0.15, 0.2) is 36.5 Å². The number of esters is 1. The predicted octanol–water partition coefficient (Wildman–Crippen LogP) is 7.63. The first-order valence-electron chi connectivity index (χ1n) is 19.6. The molecule has 0 radical (unpaired) electrons. The Kier molecular flexibility index (Phi) is 30.0. The average molecular weight is 697 g/mol. The Morgan fingerprint density at radius 1 is 0.673 bits per heavy atom. The Labute approximate surface area is 298 Å². The van der Waals surface area contributed by atoms with Crippen molar-refractivity contribution in [2.45, 2.75) is 185 Å². The molecule has 1 heterocycles. The quantitative estimate of drug-likeness (QED) is 0.0318. The molecule has 49 heavy (non-hydrogen) atoms. The summed E-state index contributed by atoms with van der Waals surface area (Å²) in [6.07, 6.45) is 28.8. The van der Waals surface area contributed by atoms with Gasteiger partial charge in [0.15, 0.2) is 6.29 Å². The van der Waals surface area contributed by atoms with Gasteiger partial charge in [-0.2, -0.15) is 0 Å². The van der Waals surface area contributed by atoms with Crippen LogP contribution < -0.4 is 0 Å². The Morgan fingerprint density at radius 3 is 1.88 bits per heavy atom. The molecule has 0 aromatic rings. The van der Waals surface area contributed by atoms with E-state index in [-0.39, 0.29) is 19.2 Å². The van der Waals surface area contributed by atoms with Crippen LogP contribution in [0.25, 0.3) is 0 Å². The second kappa shape index (κ2) is 32.3. The largest absolute Gasteiger partial charge is 0.457 e. The van der Waals surface area contributed by atoms with Crippen molar-refractivity contribution in [2.24, 2.45) is 0 Å². The van der Waals surface area contributed by atoms with Crippen LogP contribution in [0.1, 0.15) is 149 Å². The summed E-state index contributed by atoms with van der Waals surface area (Å²) in [4.78, 5) is 12.7. The maximum absolute atomic E-state index is 12.7. The minimum atomic E-state index is -1.54. The minimum absolute atomic E-state index is 0.118. The van der Waals surface area contributed by atoms with Gasteiger partial charge in [0, 0.05) is 13.0 Å². The van der Waals surface area contributed by atoms with Crippen LogP contribution in [-0.4, -0.2) is 89.6 Å².